The number of aliphatic hydroxyl groups excluding tert-OH is 1. The van der Waals surface area contributed by atoms with Gasteiger partial charge in [0.2, 0.25) is 0 Å². The Morgan fingerprint density at radius 1 is 1.03 bits per heavy atom. The molecular weight excluding hydrogens is 493 g/mol. The van der Waals surface area contributed by atoms with Gasteiger partial charge in [-0.05, 0) is 72.0 Å². The molecule has 0 spiro atoms. The second kappa shape index (κ2) is 9.23. The lowest BCUT2D eigenvalue weighted by molar-refractivity contribution is -0.118. The van der Waals surface area contributed by atoms with Crippen molar-refractivity contribution in [2.75, 3.05) is 4.90 Å². The Morgan fingerprint density at radius 3 is 2.28 bits per heavy atom. The van der Waals surface area contributed by atoms with Gasteiger partial charge in [0, 0.05) is 62.9 Å². The summed E-state index contributed by atoms with van der Waals surface area (Å²) in [4.78, 5) is 19.9. The third-order valence-electron chi connectivity index (χ3n) is 6.70. The van der Waals surface area contributed by atoms with E-state index in [1.165, 1.54) is 0 Å². The van der Waals surface area contributed by atoms with E-state index in [9.17, 15) is 15.3 Å². The fraction of sp³-hybridized carbons (Fsp3) is 0.207. The zero-order valence-corrected chi connectivity index (χ0v) is 21.4. The molecule has 0 bridgehead atoms. The molecule has 36 heavy (non-hydrogen) atoms. The number of rotatable bonds is 3. The van der Waals surface area contributed by atoms with Gasteiger partial charge in [-0.2, -0.15) is 0 Å². The monoisotopic (exact) mass is 517 g/mol. The highest BCUT2D eigenvalue weighted by molar-refractivity contribution is 6.31. The second-order valence-electron chi connectivity index (χ2n) is 9.95. The first-order valence-electron chi connectivity index (χ1n) is 11.7. The lowest BCUT2D eigenvalue weighted by Crippen LogP contribution is -2.45. The maximum atomic E-state index is 13.8. The molecule has 2 N–H and O–H groups in total. The number of hydrogen-bond acceptors (Lipinski definition) is 4. The minimum Gasteiger partial charge on any atom is -0.507 e. The summed E-state index contributed by atoms with van der Waals surface area (Å²) in [5.41, 5.74) is 3.37. The lowest BCUT2D eigenvalue weighted by Gasteiger charge is -2.45. The van der Waals surface area contributed by atoms with Crippen molar-refractivity contribution in [3.8, 4) is 0 Å². The first kappa shape index (κ1) is 24.3. The molecule has 0 saturated heterocycles. The molecular formula is C29H25Cl2N3O2. The van der Waals surface area contributed by atoms with Crippen molar-refractivity contribution in [1.29, 1.82) is 5.41 Å². The number of pyridine rings is 1. The maximum absolute atomic E-state index is 13.8. The SMILES string of the molecule is CC1(C)CC(=O)C2=C(C1)N(c1ccc(Cl)cc1)C(=N)/C(=C(/O)c1ccc(Cl)cc1)C2c1cccnc1. The van der Waals surface area contributed by atoms with Crippen LogP contribution in [0.2, 0.25) is 10.0 Å². The summed E-state index contributed by atoms with van der Waals surface area (Å²) < 4.78 is 0. The van der Waals surface area contributed by atoms with Crippen LogP contribution in [0.15, 0.2) is 89.9 Å². The van der Waals surface area contributed by atoms with Gasteiger partial charge in [0.1, 0.15) is 11.6 Å². The van der Waals surface area contributed by atoms with Gasteiger partial charge in [0.05, 0.1) is 0 Å². The summed E-state index contributed by atoms with van der Waals surface area (Å²) in [7, 11) is 0. The van der Waals surface area contributed by atoms with Crippen molar-refractivity contribution >= 4 is 46.3 Å². The smallest absolute Gasteiger partial charge is 0.162 e. The molecule has 2 aliphatic rings. The number of halogens is 2. The normalized spacial score (nSPS) is 20.9. The number of amidine groups is 1. The molecule has 2 heterocycles. The molecule has 1 aliphatic heterocycles. The maximum Gasteiger partial charge on any atom is 0.162 e. The van der Waals surface area contributed by atoms with Gasteiger partial charge in [0.15, 0.2) is 5.78 Å². The summed E-state index contributed by atoms with van der Waals surface area (Å²) in [5, 5.41) is 22.1. The number of allylic oxidation sites excluding steroid dienone is 2. The van der Waals surface area contributed by atoms with Crippen LogP contribution in [-0.4, -0.2) is 21.7 Å². The van der Waals surface area contributed by atoms with Gasteiger partial charge in [-0.1, -0.05) is 43.1 Å². The van der Waals surface area contributed by atoms with Crippen molar-refractivity contribution in [3.63, 3.8) is 0 Å². The minimum atomic E-state index is -0.635. The highest BCUT2D eigenvalue weighted by Gasteiger charge is 2.46. The van der Waals surface area contributed by atoms with E-state index in [2.05, 4.69) is 18.8 Å². The number of benzene rings is 2. The average Bonchev–Trinajstić information content (AvgIpc) is 2.84. The van der Waals surface area contributed by atoms with Crippen LogP contribution in [0.3, 0.4) is 0 Å². The molecule has 1 aliphatic carbocycles. The molecule has 0 fully saturated rings. The first-order valence-corrected chi connectivity index (χ1v) is 12.4. The number of aliphatic hydroxyl groups is 1. The third-order valence-corrected chi connectivity index (χ3v) is 7.20. The Bertz CT molecular complexity index is 1410. The molecule has 0 amide bonds. The van der Waals surface area contributed by atoms with Crippen molar-refractivity contribution in [3.05, 3.63) is 111 Å². The summed E-state index contributed by atoms with van der Waals surface area (Å²) in [5.74, 6) is -0.608. The molecule has 5 nitrogen and oxygen atoms in total. The summed E-state index contributed by atoms with van der Waals surface area (Å²) in [6.07, 6.45) is 4.34. The van der Waals surface area contributed by atoms with E-state index in [0.29, 0.717) is 45.3 Å². The molecule has 3 aromatic rings. The zero-order valence-electron chi connectivity index (χ0n) is 19.9. The Hall–Kier alpha value is -3.41. The molecule has 1 aromatic heterocycles. The highest BCUT2D eigenvalue weighted by atomic mass is 35.5. The van der Waals surface area contributed by atoms with Gasteiger partial charge in [-0.3, -0.25) is 20.1 Å². The molecule has 0 radical (unpaired) electrons. The molecule has 1 unspecified atom stereocenters. The summed E-state index contributed by atoms with van der Waals surface area (Å²) >= 11 is 12.3. The predicted octanol–water partition coefficient (Wildman–Crippen LogP) is 7.58. The number of nitrogens with one attached hydrogen (secondary N) is 1. The van der Waals surface area contributed by atoms with E-state index in [-0.39, 0.29) is 22.8 Å². The van der Waals surface area contributed by atoms with Crippen LogP contribution in [-0.2, 0) is 4.79 Å². The number of hydrogen-bond donors (Lipinski definition) is 2. The second-order valence-corrected chi connectivity index (χ2v) is 10.8. The van der Waals surface area contributed by atoms with E-state index in [1.54, 1.807) is 59.8 Å². The van der Waals surface area contributed by atoms with Crippen LogP contribution >= 0.6 is 23.2 Å². The zero-order chi connectivity index (χ0) is 25.6. The summed E-state index contributed by atoms with van der Waals surface area (Å²) in [6, 6.07) is 17.7. The predicted molar refractivity (Wildman–Crippen MR) is 145 cm³/mol. The molecule has 182 valence electrons. The van der Waals surface area contributed by atoms with Crippen LogP contribution < -0.4 is 4.90 Å². The minimum absolute atomic E-state index is 0.00275. The fourth-order valence-electron chi connectivity index (χ4n) is 5.13. The Labute approximate surface area is 220 Å². The Balaban J connectivity index is 1.84. The van der Waals surface area contributed by atoms with E-state index in [1.807, 2.05) is 18.2 Å². The number of anilines is 1. The number of nitrogens with zero attached hydrogens (tertiary/aromatic N) is 2. The number of carbonyl (C=O) groups excluding carboxylic acids is 1. The average molecular weight is 518 g/mol. The van der Waals surface area contributed by atoms with Gasteiger partial charge in [-0.15, -0.1) is 0 Å². The number of ketones is 1. The largest absolute Gasteiger partial charge is 0.507 e. The topological polar surface area (TPSA) is 77.3 Å². The molecule has 0 saturated carbocycles. The van der Waals surface area contributed by atoms with Gasteiger partial charge < -0.3 is 5.11 Å². The van der Waals surface area contributed by atoms with Gasteiger partial charge in [0.25, 0.3) is 0 Å². The third kappa shape index (κ3) is 4.34. The molecule has 1 atom stereocenters. The molecule has 7 heteroatoms. The van der Waals surface area contributed by atoms with Gasteiger partial charge in [-0.25, -0.2) is 0 Å². The van der Waals surface area contributed by atoms with Crippen LogP contribution in [0.1, 0.15) is 43.7 Å². The van der Waals surface area contributed by atoms with Crippen molar-refractivity contribution in [2.24, 2.45) is 5.41 Å². The standard InChI is InChI=1S/C29H25Cl2N3O2/c1-29(2)14-22-25(23(35)15-29)24(18-4-3-13-33-16-18)26(27(36)17-5-7-19(30)8-6-17)28(32)34(22)21-11-9-20(31)10-12-21/h3-13,16,24,32,36H,14-15H2,1-2H3/b27-26+,32-28?. The Kier molecular flexibility index (Phi) is 6.23. The molecule has 2 aromatic carbocycles. The number of Topliss-reactive ketones (excluding diaryl/α,β-unsaturated/α-hetero) is 1. The van der Waals surface area contributed by atoms with Gasteiger partial charge >= 0.3 is 0 Å². The van der Waals surface area contributed by atoms with Crippen molar-refractivity contribution in [1.82, 2.24) is 4.98 Å². The fourth-order valence-corrected chi connectivity index (χ4v) is 5.38. The van der Waals surface area contributed by atoms with E-state index >= 15 is 0 Å². The van der Waals surface area contributed by atoms with E-state index in [4.69, 9.17) is 23.2 Å². The highest BCUT2D eigenvalue weighted by Crippen LogP contribution is 2.51. The van der Waals surface area contributed by atoms with E-state index < -0.39 is 5.92 Å². The number of aromatic nitrogens is 1. The van der Waals surface area contributed by atoms with Crippen LogP contribution in [0.4, 0.5) is 5.69 Å². The lowest BCUT2D eigenvalue weighted by atomic mass is 9.67. The first-order chi connectivity index (χ1) is 17.2. The quantitative estimate of drug-likeness (QED) is 0.351. The van der Waals surface area contributed by atoms with Crippen LogP contribution in [0.25, 0.3) is 5.76 Å². The number of carbonyl (C=O) groups is 1. The summed E-state index contributed by atoms with van der Waals surface area (Å²) in [6.45, 7) is 4.13. The Morgan fingerprint density at radius 2 is 1.67 bits per heavy atom. The van der Waals surface area contributed by atoms with Crippen molar-refractivity contribution < 1.29 is 9.90 Å². The van der Waals surface area contributed by atoms with Crippen molar-refractivity contribution in [2.45, 2.75) is 32.6 Å². The van der Waals surface area contributed by atoms with E-state index in [0.717, 1.165) is 11.3 Å². The van der Waals surface area contributed by atoms with Crippen LogP contribution in [0.5, 0.6) is 0 Å². The van der Waals surface area contributed by atoms with Crippen LogP contribution in [0, 0.1) is 10.8 Å². The molecule has 5 rings (SSSR count).